The molecule has 0 bridgehead atoms. The number of ether oxygens (including phenoxy) is 2. The zero-order chi connectivity index (χ0) is 18.2. The summed E-state index contributed by atoms with van der Waals surface area (Å²) in [5.74, 6) is 1.54. The molecule has 0 aliphatic carbocycles. The highest BCUT2D eigenvalue weighted by atomic mass is 16.5. The molecule has 4 heteroatoms. The van der Waals surface area contributed by atoms with Crippen molar-refractivity contribution in [2.24, 2.45) is 0 Å². The average Bonchev–Trinajstić information content (AvgIpc) is 3.08. The lowest BCUT2D eigenvalue weighted by Crippen LogP contribution is -2.16. The minimum Gasteiger partial charge on any atom is -0.490 e. The highest BCUT2D eigenvalue weighted by Crippen LogP contribution is 2.28. The summed E-state index contributed by atoms with van der Waals surface area (Å²) in [6, 6.07) is 14.5. The third kappa shape index (κ3) is 4.46. The Labute approximate surface area is 154 Å². The lowest BCUT2D eigenvalue weighted by atomic mass is 10.1. The molecule has 1 heterocycles. The lowest BCUT2D eigenvalue weighted by molar-refractivity contribution is 0.296. The zero-order valence-corrected chi connectivity index (χ0v) is 15.3. The molecule has 4 nitrogen and oxygen atoms in total. The van der Waals surface area contributed by atoms with Crippen LogP contribution < -0.4 is 14.8 Å². The smallest absolute Gasteiger partial charge is 0.161 e. The summed E-state index contributed by atoms with van der Waals surface area (Å²) in [4.78, 5) is 3.33. The molecule has 0 saturated heterocycles. The maximum atomic E-state index is 5.70. The van der Waals surface area contributed by atoms with E-state index in [-0.39, 0.29) is 0 Å². The van der Waals surface area contributed by atoms with Crippen LogP contribution in [0.5, 0.6) is 11.5 Å². The zero-order valence-electron chi connectivity index (χ0n) is 15.3. The Balaban J connectivity index is 1.55. The second-order valence-electron chi connectivity index (χ2n) is 6.10. The average molecular weight is 350 g/mol. The van der Waals surface area contributed by atoms with Gasteiger partial charge in [0.05, 0.1) is 6.61 Å². The largest absolute Gasteiger partial charge is 0.490 e. The molecule has 136 valence electrons. The molecule has 0 aliphatic rings. The van der Waals surface area contributed by atoms with Crippen LogP contribution in [0.4, 0.5) is 0 Å². The SMILES string of the molecule is C=CCOc1ccc(CNCCc2c[nH]c3ccccc23)cc1OCC. The summed E-state index contributed by atoms with van der Waals surface area (Å²) < 4.78 is 11.3. The van der Waals surface area contributed by atoms with Crippen LogP contribution in [-0.4, -0.2) is 24.7 Å². The van der Waals surface area contributed by atoms with E-state index < -0.39 is 0 Å². The van der Waals surface area contributed by atoms with Crippen LogP contribution in [0.3, 0.4) is 0 Å². The fraction of sp³-hybridized carbons (Fsp3) is 0.273. The van der Waals surface area contributed by atoms with E-state index in [1.807, 2.05) is 19.1 Å². The van der Waals surface area contributed by atoms with Crippen molar-refractivity contribution in [3.63, 3.8) is 0 Å². The Morgan fingerprint density at radius 1 is 1.12 bits per heavy atom. The second-order valence-corrected chi connectivity index (χ2v) is 6.10. The topological polar surface area (TPSA) is 46.3 Å². The van der Waals surface area contributed by atoms with Crippen LogP contribution in [0.2, 0.25) is 0 Å². The molecule has 0 amide bonds. The first-order chi connectivity index (χ1) is 12.8. The molecule has 2 N–H and O–H groups in total. The Kier molecular flexibility index (Phi) is 6.34. The first kappa shape index (κ1) is 18.1. The predicted molar refractivity (Wildman–Crippen MR) is 107 cm³/mol. The summed E-state index contributed by atoms with van der Waals surface area (Å²) in [6.45, 7) is 8.46. The Morgan fingerprint density at radius 2 is 2.00 bits per heavy atom. The van der Waals surface area contributed by atoms with Crippen molar-refractivity contribution in [2.75, 3.05) is 19.8 Å². The maximum absolute atomic E-state index is 5.70. The van der Waals surface area contributed by atoms with Crippen LogP contribution in [0.1, 0.15) is 18.1 Å². The summed E-state index contributed by atoms with van der Waals surface area (Å²) >= 11 is 0. The number of fused-ring (bicyclic) bond motifs is 1. The van der Waals surface area contributed by atoms with E-state index in [1.54, 1.807) is 6.08 Å². The van der Waals surface area contributed by atoms with Crippen molar-refractivity contribution in [1.82, 2.24) is 10.3 Å². The highest BCUT2D eigenvalue weighted by molar-refractivity contribution is 5.83. The Bertz CT molecular complexity index is 854. The van der Waals surface area contributed by atoms with Gasteiger partial charge in [0.1, 0.15) is 6.61 Å². The summed E-state index contributed by atoms with van der Waals surface area (Å²) in [5, 5.41) is 4.81. The minimum atomic E-state index is 0.474. The number of H-pyrrole nitrogens is 1. The van der Waals surface area contributed by atoms with E-state index in [2.05, 4.69) is 53.4 Å². The molecule has 0 atom stereocenters. The van der Waals surface area contributed by atoms with Gasteiger partial charge in [0, 0.05) is 23.6 Å². The molecular formula is C22H26N2O2. The Morgan fingerprint density at radius 3 is 2.85 bits per heavy atom. The predicted octanol–water partition coefficient (Wildman–Crippen LogP) is 4.46. The van der Waals surface area contributed by atoms with Gasteiger partial charge in [0.15, 0.2) is 11.5 Å². The number of rotatable bonds is 10. The van der Waals surface area contributed by atoms with Gasteiger partial charge in [-0.3, -0.25) is 0 Å². The van der Waals surface area contributed by atoms with Crippen LogP contribution in [0.15, 0.2) is 61.3 Å². The van der Waals surface area contributed by atoms with Crippen molar-refractivity contribution >= 4 is 10.9 Å². The molecule has 3 rings (SSSR count). The van der Waals surface area contributed by atoms with Gasteiger partial charge in [0.2, 0.25) is 0 Å². The number of hydrogen-bond acceptors (Lipinski definition) is 3. The van der Waals surface area contributed by atoms with Crippen molar-refractivity contribution in [3.8, 4) is 11.5 Å². The van der Waals surface area contributed by atoms with E-state index >= 15 is 0 Å². The van der Waals surface area contributed by atoms with Crippen molar-refractivity contribution in [1.29, 1.82) is 0 Å². The van der Waals surface area contributed by atoms with Gasteiger partial charge in [-0.1, -0.05) is 36.9 Å². The van der Waals surface area contributed by atoms with Gasteiger partial charge in [-0.2, -0.15) is 0 Å². The summed E-state index contributed by atoms with van der Waals surface area (Å²) in [6.07, 6.45) is 4.82. The van der Waals surface area contributed by atoms with Gasteiger partial charge in [-0.05, 0) is 49.2 Å². The molecule has 3 aromatic rings. The van der Waals surface area contributed by atoms with Crippen LogP contribution in [0, 0.1) is 0 Å². The van der Waals surface area contributed by atoms with Crippen LogP contribution in [0.25, 0.3) is 10.9 Å². The molecule has 1 aromatic heterocycles. The molecule has 0 fully saturated rings. The fourth-order valence-corrected chi connectivity index (χ4v) is 2.99. The van der Waals surface area contributed by atoms with Crippen LogP contribution >= 0.6 is 0 Å². The van der Waals surface area contributed by atoms with Crippen molar-refractivity contribution < 1.29 is 9.47 Å². The van der Waals surface area contributed by atoms with Gasteiger partial charge >= 0.3 is 0 Å². The molecule has 0 saturated carbocycles. The van der Waals surface area contributed by atoms with E-state index in [0.29, 0.717) is 13.2 Å². The minimum absolute atomic E-state index is 0.474. The number of aromatic nitrogens is 1. The number of hydrogen-bond donors (Lipinski definition) is 2. The van der Waals surface area contributed by atoms with E-state index in [9.17, 15) is 0 Å². The van der Waals surface area contributed by atoms with Gasteiger partial charge in [-0.15, -0.1) is 0 Å². The van der Waals surface area contributed by atoms with Crippen molar-refractivity contribution in [2.45, 2.75) is 19.9 Å². The summed E-state index contributed by atoms with van der Waals surface area (Å²) in [5.41, 5.74) is 3.72. The van der Waals surface area contributed by atoms with Gasteiger partial charge in [0.25, 0.3) is 0 Å². The molecule has 0 radical (unpaired) electrons. The maximum Gasteiger partial charge on any atom is 0.161 e. The number of aromatic amines is 1. The molecule has 0 aliphatic heterocycles. The standard InChI is InChI=1S/C22H26N2O2/c1-3-13-26-21-10-9-17(14-22(21)25-4-2)15-23-12-11-18-16-24-20-8-6-5-7-19(18)20/h3,5-10,14,16,23-24H,1,4,11-13,15H2,2H3. The first-order valence-electron chi connectivity index (χ1n) is 9.07. The van der Waals surface area contributed by atoms with Crippen molar-refractivity contribution in [3.05, 3.63) is 72.4 Å². The van der Waals surface area contributed by atoms with Gasteiger partial charge in [-0.25, -0.2) is 0 Å². The monoisotopic (exact) mass is 350 g/mol. The van der Waals surface area contributed by atoms with E-state index in [0.717, 1.165) is 31.0 Å². The third-order valence-corrected chi connectivity index (χ3v) is 4.24. The van der Waals surface area contributed by atoms with Gasteiger partial charge < -0.3 is 19.8 Å². The highest BCUT2D eigenvalue weighted by Gasteiger charge is 2.07. The molecular weight excluding hydrogens is 324 g/mol. The lowest BCUT2D eigenvalue weighted by Gasteiger charge is -2.13. The number of nitrogens with one attached hydrogen (secondary N) is 2. The normalized spacial score (nSPS) is 10.8. The first-order valence-corrected chi connectivity index (χ1v) is 9.07. The van der Waals surface area contributed by atoms with E-state index in [1.165, 1.54) is 22.0 Å². The molecule has 26 heavy (non-hydrogen) atoms. The number of para-hydroxylation sites is 1. The quantitative estimate of drug-likeness (QED) is 0.419. The van der Waals surface area contributed by atoms with Crippen LogP contribution in [-0.2, 0) is 13.0 Å². The second kappa shape index (κ2) is 9.11. The summed E-state index contributed by atoms with van der Waals surface area (Å²) in [7, 11) is 0. The third-order valence-electron chi connectivity index (χ3n) is 4.24. The molecule has 0 unspecified atom stereocenters. The molecule has 0 spiro atoms. The number of benzene rings is 2. The molecule has 2 aromatic carbocycles. The van der Waals surface area contributed by atoms with E-state index in [4.69, 9.17) is 9.47 Å². The Hall–Kier alpha value is -2.72. The fourth-order valence-electron chi connectivity index (χ4n) is 2.99.